The molecule has 0 aromatic rings. The van der Waals surface area contributed by atoms with E-state index in [1.807, 2.05) is 0 Å². The second-order valence-electron chi connectivity index (χ2n) is 8.78. The third kappa shape index (κ3) is 1.81. The average Bonchev–Trinajstić information content (AvgIpc) is 2.76. The average molecular weight is 303 g/mol. The molecule has 0 spiro atoms. The van der Waals surface area contributed by atoms with E-state index in [2.05, 4.69) is 26.0 Å². The fourth-order valence-electron chi connectivity index (χ4n) is 6.40. The molecule has 3 heteroatoms. The van der Waals surface area contributed by atoms with Crippen LogP contribution in [0.3, 0.4) is 0 Å². The fraction of sp³-hybridized carbons (Fsp3) is 0.789. The summed E-state index contributed by atoms with van der Waals surface area (Å²) < 4.78 is 0. The summed E-state index contributed by atoms with van der Waals surface area (Å²) in [6.45, 7) is 4.72. The van der Waals surface area contributed by atoms with Crippen LogP contribution >= 0.6 is 0 Å². The van der Waals surface area contributed by atoms with Crippen molar-refractivity contribution >= 4 is 0 Å². The van der Waals surface area contributed by atoms with Gasteiger partial charge >= 0.3 is 0 Å². The molecule has 4 rings (SSSR count). The van der Waals surface area contributed by atoms with Gasteiger partial charge in [-0.15, -0.1) is 0 Å². The Hall–Kier alpha value is -0.800. The van der Waals surface area contributed by atoms with Crippen LogP contribution in [0.5, 0.6) is 0 Å². The topological polar surface area (TPSA) is 66.5 Å². The van der Waals surface area contributed by atoms with Crippen LogP contribution in [0.1, 0.15) is 52.4 Å². The molecular formula is C19H29NO2. The predicted octanol–water partition coefficient (Wildman–Crippen LogP) is 2.94. The van der Waals surface area contributed by atoms with E-state index in [9.17, 15) is 10.2 Å². The van der Waals surface area contributed by atoms with Crippen molar-refractivity contribution in [3.63, 3.8) is 0 Å². The highest BCUT2D eigenvalue weighted by molar-refractivity contribution is 5.25. The van der Waals surface area contributed by atoms with Gasteiger partial charge in [0.15, 0.2) is 5.79 Å². The lowest BCUT2D eigenvalue weighted by molar-refractivity contribution is -0.166. The molecule has 122 valence electrons. The Balaban J connectivity index is 1.67. The summed E-state index contributed by atoms with van der Waals surface area (Å²) >= 11 is 0. The zero-order valence-corrected chi connectivity index (χ0v) is 13.8. The molecule has 1 unspecified atom stereocenters. The van der Waals surface area contributed by atoms with E-state index in [0.717, 1.165) is 24.5 Å². The summed E-state index contributed by atoms with van der Waals surface area (Å²) in [5.74, 6) is 0.875. The van der Waals surface area contributed by atoms with Crippen LogP contribution in [-0.4, -0.2) is 16.0 Å². The van der Waals surface area contributed by atoms with Crippen molar-refractivity contribution in [1.29, 1.82) is 0 Å². The molecule has 2 fully saturated rings. The van der Waals surface area contributed by atoms with Crippen LogP contribution in [0, 0.1) is 34.5 Å². The van der Waals surface area contributed by atoms with Crippen LogP contribution in [-0.2, 0) is 0 Å². The third-order valence-electron chi connectivity index (χ3n) is 7.86. The van der Waals surface area contributed by atoms with Crippen molar-refractivity contribution in [2.45, 2.75) is 58.2 Å². The number of fused-ring (bicyclic) bond motifs is 5. The lowest BCUT2D eigenvalue weighted by Gasteiger charge is -2.59. The molecule has 4 aliphatic rings. The van der Waals surface area contributed by atoms with Gasteiger partial charge in [-0.2, -0.15) is 0 Å². The Morgan fingerprint density at radius 3 is 2.64 bits per heavy atom. The second-order valence-corrected chi connectivity index (χ2v) is 8.78. The first-order valence-corrected chi connectivity index (χ1v) is 8.87. The van der Waals surface area contributed by atoms with Crippen molar-refractivity contribution in [1.82, 2.24) is 0 Å². The Kier molecular flexibility index (Phi) is 2.95. The fourth-order valence-corrected chi connectivity index (χ4v) is 6.40. The summed E-state index contributed by atoms with van der Waals surface area (Å²) in [6, 6.07) is 0. The second kappa shape index (κ2) is 4.39. The van der Waals surface area contributed by atoms with E-state index < -0.39 is 5.79 Å². The van der Waals surface area contributed by atoms with E-state index in [1.165, 1.54) is 19.3 Å². The third-order valence-corrected chi connectivity index (χ3v) is 7.86. The molecule has 22 heavy (non-hydrogen) atoms. The lowest BCUT2D eigenvalue weighted by Crippen LogP contribution is -2.54. The molecule has 0 bridgehead atoms. The first-order chi connectivity index (χ1) is 10.3. The van der Waals surface area contributed by atoms with Gasteiger partial charge in [0.2, 0.25) is 0 Å². The predicted molar refractivity (Wildman–Crippen MR) is 86.5 cm³/mol. The van der Waals surface area contributed by atoms with E-state index >= 15 is 0 Å². The van der Waals surface area contributed by atoms with Gasteiger partial charge in [-0.25, -0.2) is 0 Å². The first kappa shape index (κ1) is 14.8. The van der Waals surface area contributed by atoms with Crippen LogP contribution in [0.25, 0.3) is 0 Å². The number of nitrogens with two attached hydrogens (primary N) is 1. The number of hydrogen-bond acceptors (Lipinski definition) is 3. The maximum absolute atomic E-state index is 9.99. The molecule has 0 saturated heterocycles. The highest BCUT2D eigenvalue weighted by Gasteiger charge is 2.58. The highest BCUT2D eigenvalue weighted by Crippen LogP contribution is 2.65. The van der Waals surface area contributed by atoms with Crippen molar-refractivity contribution in [3.05, 3.63) is 23.9 Å². The largest absolute Gasteiger partial charge is 0.402 e. The van der Waals surface area contributed by atoms with Crippen molar-refractivity contribution in [2.75, 3.05) is 0 Å². The minimum Gasteiger partial charge on any atom is -0.402 e. The maximum atomic E-state index is 9.99. The molecule has 0 aliphatic heterocycles. The Labute approximate surface area is 133 Å². The van der Waals surface area contributed by atoms with Gasteiger partial charge in [-0.3, -0.25) is 0 Å². The number of aliphatic hydroxyl groups is 2. The van der Waals surface area contributed by atoms with Crippen LogP contribution in [0.2, 0.25) is 0 Å². The van der Waals surface area contributed by atoms with Crippen LogP contribution in [0.15, 0.2) is 23.9 Å². The zero-order chi connectivity index (χ0) is 15.8. The molecule has 0 aromatic carbocycles. The summed E-state index contributed by atoms with van der Waals surface area (Å²) in [6.07, 6.45) is 12.4. The first-order valence-electron chi connectivity index (χ1n) is 8.87. The molecule has 2 saturated carbocycles. The molecule has 4 N–H and O–H groups in total. The quantitative estimate of drug-likeness (QED) is 0.476. The zero-order valence-electron chi connectivity index (χ0n) is 13.8. The summed E-state index contributed by atoms with van der Waals surface area (Å²) in [5, 5.41) is 20.0. The van der Waals surface area contributed by atoms with Gasteiger partial charge in [0, 0.05) is 17.5 Å². The van der Waals surface area contributed by atoms with Gasteiger partial charge in [0.05, 0.1) is 0 Å². The van der Waals surface area contributed by atoms with Gasteiger partial charge in [0.25, 0.3) is 0 Å². The molecule has 4 aliphatic carbocycles. The molecule has 0 amide bonds. The van der Waals surface area contributed by atoms with E-state index in [4.69, 9.17) is 5.73 Å². The lowest BCUT2D eigenvalue weighted by atomic mass is 9.46. The van der Waals surface area contributed by atoms with Gasteiger partial charge in [-0.1, -0.05) is 26.0 Å². The highest BCUT2D eigenvalue weighted by atomic mass is 16.5. The van der Waals surface area contributed by atoms with E-state index in [-0.39, 0.29) is 10.8 Å². The van der Waals surface area contributed by atoms with Crippen molar-refractivity contribution in [2.24, 2.45) is 40.2 Å². The van der Waals surface area contributed by atoms with Crippen LogP contribution < -0.4 is 5.73 Å². The van der Waals surface area contributed by atoms with E-state index in [1.54, 1.807) is 6.08 Å². The number of rotatable bonds is 0. The maximum Gasteiger partial charge on any atom is 0.182 e. The minimum atomic E-state index is -1.60. The molecule has 3 nitrogen and oxygen atoms in total. The SMILES string of the molecule is C[C@]12C=CC(O)(O)CC1CC[C@@H]1[C@@H]2CC[C@]2(C)C(N)=CC[C@@H]12. The molecule has 0 aromatic heterocycles. The molecule has 0 radical (unpaired) electrons. The van der Waals surface area contributed by atoms with Crippen molar-refractivity contribution < 1.29 is 10.2 Å². The Bertz CT molecular complexity index is 552. The minimum absolute atomic E-state index is 0.122. The molecule has 0 heterocycles. The normalized spacial score (nSPS) is 52.5. The number of allylic oxidation sites excluding steroid dienone is 3. The Morgan fingerprint density at radius 1 is 1.09 bits per heavy atom. The molecule has 6 atom stereocenters. The van der Waals surface area contributed by atoms with E-state index in [0.29, 0.717) is 24.2 Å². The monoisotopic (exact) mass is 303 g/mol. The molecular weight excluding hydrogens is 274 g/mol. The standard InChI is InChI=1S/C19H29NO2/c1-17-9-10-19(21,22)11-12(17)3-4-13-14-5-6-16(20)18(14,2)8-7-15(13)17/h6,9-10,12-15,21-22H,3-5,7-8,11,20H2,1-2H3/t12?,13-,14-,15-,17-,18-/m0/s1. The number of hydrogen-bond donors (Lipinski definition) is 3. The van der Waals surface area contributed by atoms with Gasteiger partial charge in [0.1, 0.15) is 0 Å². The van der Waals surface area contributed by atoms with Gasteiger partial charge in [-0.05, 0) is 67.3 Å². The van der Waals surface area contributed by atoms with Crippen molar-refractivity contribution in [3.8, 4) is 0 Å². The van der Waals surface area contributed by atoms with Crippen LogP contribution in [0.4, 0.5) is 0 Å². The summed E-state index contributed by atoms with van der Waals surface area (Å²) in [5.41, 5.74) is 7.77. The smallest absolute Gasteiger partial charge is 0.182 e. The summed E-state index contributed by atoms with van der Waals surface area (Å²) in [4.78, 5) is 0. The van der Waals surface area contributed by atoms with Gasteiger partial charge < -0.3 is 15.9 Å². The Morgan fingerprint density at radius 2 is 1.86 bits per heavy atom. The summed E-state index contributed by atoms with van der Waals surface area (Å²) in [7, 11) is 0.